The number of nitrogens with zero attached hydrogens (tertiary/aromatic N) is 9. The molecule has 0 radical (unpaired) electrons. The van der Waals surface area contributed by atoms with Gasteiger partial charge < -0.3 is 29.2 Å². The lowest BCUT2D eigenvalue weighted by molar-refractivity contribution is -0.0408. The lowest BCUT2D eigenvalue weighted by Gasteiger charge is -2.45. The molecule has 2 saturated heterocycles. The molecule has 0 spiro atoms. The van der Waals surface area contributed by atoms with Gasteiger partial charge in [-0.25, -0.2) is 38.4 Å². The van der Waals surface area contributed by atoms with Gasteiger partial charge in [-0.3, -0.25) is 18.0 Å². The third-order valence-electron chi connectivity index (χ3n) is 8.50. The van der Waals surface area contributed by atoms with E-state index in [4.69, 9.17) is 28.6 Å². The number of imidazole rings is 3. The van der Waals surface area contributed by atoms with Crippen LogP contribution in [0.5, 0.6) is 5.88 Å². The molecule has 2 unspecified atom stereocenters. The minimum atomic E-state index is -4.18. The molecule has 18 nitrogen and oxygen atoms in total. The van der Waals surface area contributed by atoms with Gasteiger partial charge in [0.05, 0.1) is 32.5 Å². The van der Waals surface area contributed by atoms with Crippen LogP contribution in [0.25, 0.3) is 28.1 Å². The van der Waals surface area contributed by atoms with Crippen molar-refractivity contribution in [2.24, 2.45) is 11.8 Å². The van der Waals surface area contributed by atoms with Gasteiger partial charge in [0.15, 0.2) is 35.0 Å². The monoisotopic (exact) mass is 714 g/mol. The molecule has 2 aliphatic heterocycles. The molecule has 0 amide bonds. The summed E-state index contributed by atoms with van der Waals surface area (Å²) in [4.78, 5) is 25.2. The quantitative estimate of drug-likeness (QED) is 0.153. The van der Waals surface area contributed by atoms with E-state index in [0.717, 1.165) is 0 Å². The number of thiol groups is 2. The summed E-state index contributed by atoms with van der Waals surface area (Å²) in [6.07, 6.45) is 1.45. The molecule has 1 aliphatic carbocycles. The number of alkyl halides is 1. The second kappa shape index (κ2) is 11.1. The largest absolute Gasteiger partial charge is 0.493 e. The van der Waals surface area contributed by atoms with Gasteiger partial charge in [0.25, 0.3) is 0 Å². The van der Waals surface area contributed by atoms with E-state index in [9.17, 15) is 14.2 Å². The van der Waals surface area contributed by atoms with E-state index in [1.54, 1.807) is 10.8 Å². The van der Waals surface area contributed by atoms with Crippen LogP contribution < -0.4 is 5.73 Å². The van der Waals surface area contributed by atoms with E-state index in [1.807, 2.05) is 0 Å². The van der Waals surface area contributed by atoms with E-state index in [-0.39, 0.29) is 65.2 Å². The van der Waals surface area contributed by atoms with Gasteiger partial charge in [-0.15, -0.1) is 0 Å². The van der Waals surface area contributed by atoms with Gasteiger partial charge in [0, 0.05) is 24.4 Å². The molecule has 9 atom stereocenters. The first-order valence-corrected chi connectivity index (χ1v) is 19.3. The number of halogens is 1. The minimum Gasteiger partial charge on any atom is -0.493 e. The molecule has 46 heavy (non-hydrogen) atoms. The van der Waals surface area contributed by atoms with Gasteiger partial charge in [-0.1, -0.05) is 24.5 Å². The van der Waals surface area contributed by atoms with Crippen molar-refractivity contribution in [3.05, 3.63) is 31.4 Å². The normalized spacial score (nSPS) is 35.7. The third-order valence-corrected chi connectivity index (χ3v) is 11.8. The number of aromatic hydroxyl groups is 1. The molecule has 0 aromatic carbocycles. The van der Waals surface area contributed by atoms with Crippen molar-refractivity contribution in [1.82, 2.24) is 43.4 Å². The molecular weight excluding hydrogens is 689 g/mol. The fraction of sp³-hybridized carbons (Fsp3) is 0.478. The highest BCUT2D eigenvalue weighted by Crippen LogP contribution is 2.60. The van der Waals surface area contributed by atoms with Gasteiger partial charge >= 0.3 is 13.6 Å². The first-order valence-electron chi connectivity index (χ1n) is 13.9. The van der Waals surface area contributed by atoms with Gasteiger partial charge in [0.2, 0.25) is 11.7 Å². The molecule has 1 saturated carbocycles. The second-order valence-corrected chi connectivity index (χ2v) is 16.9. The summed E-state index contributed by atoms with van der Waals surface area (Å²) < 4.78 is 75.7. The average Bonchev–Trinajstić information content (AvgIpc) is 3.79. The predicted octanol–water partition coefficient (Wildman–Crippen LogP) is 3.14. The molecule has 5 aromatic heterocycles. The second-order valence-electron chi connectivity index (χ2n) is 11.1. The summed E-state index contributed by atoms with van der Waals surface area (Å²) in [5.74, 6) is -0.436. The Hall–Kier alpha value is -2.87. The number of rotatable bonds is 2. The maximum Gasteiger partial charge on any atom is 0.386 e. The summed E-state index contributed by atoms with van der Waals surface area (Å²) >= 11 is 8.27. The van der Waals surface area contributed by atoms with Crippen LogP contribution in [-0.2, 0) is 32.0 Å². The zero-order valence-corrected chi connectivity index (χ0v) is 26.9. The summed E-state index contributed by atoms with van der Waals surface area (Å²) in [7, 11) is 0. The van der Waals surface area contributed by atoms with Crippen LogP contribution in [0.4, 0.5) is 10.2 Å². The van der Waals surface area contributed by atoms with E-state index >= 15 is 4.39 Å². The Labute approximate surface area is 268 Å². The number of nitrogen functional groups attached to an aromatic ring is 1. The molecule has 3 N–H and O–H groups in total. The molecule has 3 aliphatic rings. The first kappa shape index (κ1) is 30.5. The Bertz CT molecular complexity index is 2080. The number of ether oxygens (including phenoxy) is 1. The highest BCUT2D eigenvalue weighted by atomic mass is 32.7. The van der Waals surface area contributed by atoms with Crippen LogP contribution in [0.15, 0.2) is 31.4 Å². The standard InChI is InChI=1S/C23H25FN10O8P2S2/c24-14-17-13(41-22(14)34-9-29-15-18(25)27-7-28-19(15)34)6-40-43(36,45)39-5-11-10(4-38-44(37,46)42-17)3-12(11)33-8-30-16-20(33)31-23-26-1-2-32(23)21(16)35/h1-2,7-14,17,22,35H,3-6H2,(H,36,45)(H,37,46)(H2,25,27,28)/t10-,11-,12-,13-,14-,17-,22-,43?,44?/m1/s1. The fourth-order valence-corrected chi connectivity index (χ4v) is 8.85. The maximum absolute atomic E-state index is 16.1. The molecule has 7 heterocycles. The molecule has 5 aromatic rings. The molecule has 8 rings (SSSR count). The van der Waals surface area contributed by atoms with Gasteiger partial charge in [-0.05, 0) is 12.3 Å². The fourth-order valence-electron chi connectivity index (χ4n) is 6.15. The Kier molecular flexibility index (Phi) is 7.35. The molecule has 0 bridgehead atoms. The van der Waals surface area contributed by atoms with Crippen molar-refractivity contribution in [3.63, 3.8) is 0 Å². The third kappa shape index (κ3) is 5.09. The predicted molar refractivity (Wildman–Crippen MR) is 163 cm³/mol. The molecule has 3 fully saturated rings. The van der Waals surface area contributed by atoms with Crippen LogP contribution in [0, 0.1) is 11.8 Å². The van der Waals surface area contributed by atoms with Gasteiger partial charge in [-0.2, -0.15) is 4.98 Å². The first-order chi connectivity index (χ1) is 22.0. The lowest BCUT2D eigenvalue weighted by Crippen LogP contribution is -2.43. The highest BCUT2D eigenvalue weighted by molar-refractivity contribution is 8.44. The number of hydrogen-bond donors (Lipinski definition) is 4. The topological polar surface area (TPSA) is 218 Å². The Morgan fingerprint density at radius 3 is 2.57 bits per heavy atom. The zero-order chi connectivity index (χ0) is 32.0. The van der Waals surface area contributed by atoms with Crippen LogP contribution in [0.3, 0.4) is 0 Å². The van der Waals surface area contributed by atoms with Crippen LogP contribution >= 0.6 is 38.1 Å². The maximum atomic E-state index is 16.1. The van der Waals surface area contributed by atoms with Crippen molar-refractivity contribution < 1.29 is 41.5 Å². The van der Waals surface area contributed by atoms with Crippen molar-refractivity contribution in [2.45, 2.75) is 37.1 Å². The van der Waals surface area contributed by atoms with Crippen molar-refractivity contribution >= 4 is 72.0 Å². The summed E-state index contributed by atoms with van der Waals surface area (Å²) in [6.45, 7) is -8.95. The molecular formula is C23H25FN10O8P2S2. The number of aromatic nitrogens is 9. The van der Waals surface area contributed by atoms with E-state index in [1.165, 1.54) is 34.1 Å². The Balaban J connectivity index is 1.06. The summed E-state index contributed by atoms with van der Waals surface area (Å²) in [6, 6.07) is -0.303. The lowest BCUT2D eigenvalue weighted by atomic mass is 9.70. The number of hydrogen-bond acceptors (Lipinski definition) is 15. The van der Waals surface area contributed by atoms with Crippen molar-refractivity contribution in [3.8, 4) is 5.88 Å². The zero-order valence-electron chi connectivity index (χ0n) is 23.3. The van der Waals surface area contributed by atoms with Gasteiger partial charge in [0.1, 0.15) is 24.1 Å². The molecule has 244 valence electrons. The van der Waals surface area contributed by atoms with Crippen molar-refractivity contribution in [1.29, 1.82) is 0 Å². The van der Waals surface area contributed by atoms with Crippen LogP contribution in [-0.4, -0.2) is 86.7 Å². The Morgan fingerprint density at radius 1 is 0.957 bits per heavy atom. The SMILES string of the molecule is Nc1ncnc2c1ncn2[C@@H]1O[C@@H]2COP(=O)(S)OC[C@@H]3[C@@H](COP(=O)(S)O[C@H]2[C@H]1F)C[C@H]3n1cnc2c(O)n3ccnc3nc21. The van der Waals surface area contributed by atoms with E-state index in [0.29, 0.717) is 12.1 Å². The number of fused-ring (bicyclic) bond motifs is 5. The number of nitrogens with two attached hydrogens (primary N) is 1. The number of anilines is 1. The smallest absolute Gasteiger partial charge is 0.386 e. The van der Waals surface area contributed by atoms with Crippen LogP contribution in [0.1, 0.15) is 18.7 Å². The van der Waals surface area contributed by atoms with E-state index < -0.39 is 44.8 Å². The minimum absolute atomic E-state index is 0.0863. The summed E-state index contributed by atoms with van der Waals surface area (Å²) in [5, 5.41) is 10.7. The average molecular weight is 715 g/mol. The van der Waals surface area contributed by atoms with Crippen molar-refractivity contribution in [2.75, 3.05) is 25.6 Å². The van der Waals surface area contributed by atoms with Crippen LogP contribution in [0.2, 0.25) is 0 Å². The Morgan fingerprint density at radius 2 is 1.72 bits per heavy atom. The summed E-state index contributed by atoms with van der Waals surface area (Å²) in [5.41, 5.74) is 6.93. The molecule has 23 heteroatoms. The highest BCUT2D eigenvalue weighted by Gasteiger charge is 2.52. The van der Waals surface area contributed by atoms with E-state index in [2.05, 4.69) is 54.4 Å².